The number of halogens is 4. The molecule has 0 unspecified atom stereocenters. The Morgan fingerprint density at radius 3 is 2.39 bits per heavy atom. The number of benzene rings is 3. The number of aryl methyl sites for hydroxylation is 1. The van der Waals surface area contributed by atoms with E-state index in [2.05, 4.69) is 5.32 Å². The fourth-order valence-electron chi connectivity index (χ4n) is 3.43. The SMILES string of the molecule is O=C(Nc1ccc2c(c1)N(S(=O)(=O)c1ccc(F)c(F)c1)C(=O)CC2)c1c(F)cccc1Cl. The lowest BCUT2D eigenvalue weighted by molar-refractivity contribution is -0.117. The van der Waals surface area contributed by atoms with E-state index >= 15 is 0 Å². The highest BCUT2D eigenvalue weighted by Gasteiger charge is 2.36. The van der Waals surface area contributed by atoms with Crippen LogP contribution in [0.25, 0.3) is 0 Å². The van der Waals surface area contributed by atoms with Gasteiger partial charge in [0.25, 0.3) is 15.9 Å². The highest BCUT2D eigenvalue weighted by molar-refractivity contribution is 7.93. The minimum atomic E-state index is -4.59. The van der Waals surface area contributed by atoms with Crippen LogP contribution in [-0.4, -0.2) is 20.2 Å². The van der Waals surface area contributed by atoms with Crippen molar-refractivity contribution in [3.8, 4) is 0 Å². The second kappa shape index (κ2) is 8.53. The number of nitrogens with one attached hydrogen (secondary N) is 1. The van der Waals surface area contributed by atoms with Crippen molar-refractivity contribution < 1.29 is 31.2 Å². The zero-order valence-electron chi connectivity index (χ0n) is 16.6. The Bertz CT molecular complexity index is 1390. The summed E-state index contributed by atoms with van der Waals surface area (Å²) in [6.07, 6.45) is 0.0950. The van der Waals surface area contributed by atoms with Crippen molar-refractivity contribution in [2.24, 2.45) is 0 Å². The molecular weight excluding hydrogens is 481 g/mol. The van der Waals surface area contributed by atoms with Crippen molar-refractivity contribution in [1.29, 1.82) is 0 Å². The van der Waals surface area contributed by atoms with E-state index in [4.69, 9.17) is 11.6 Å². The predicted molar refractivity (Wildman–Crippen MR) is 115 cm³/mol. The van der Waals surface area contributed by atoms with Crippen LogP contribution in [0.15, 0.2) is 59.5 Å². The van der Waals surface area contributed by atoms with E-state index < -0.39 is 49.7 Å². The van der Waals surface area contributed by atoms with Gasteiger partial charge in [0.2, 0.25) is 5.91 Å². The minimum Gasteiger partial charge on any atom is -0.322 e. The standard InChI is InChI=1S/C22H14ClF3N2O4S/c23-15-2-1-3-17(25)21(15)22(30)27-13-6-4-12-5-9-20(29)28(19(12)10-13)33(31,32)14-7-8-16(24)18(26)11-14/h1-4,6-8,10-11H,5,9H2,(H,27,30). The van der Waals surface area contributed by atoms with Gasteiger partial charge in [0.05, 0.1) is 21.2 Å². The molecule has 170 valence electrons. The summed E-state index contributed by atoms with van der Waals surface area (Å²) in [5, 5.41) is 2.31. The molecule has 1 aliphatic rings. The summed E-state index contributed by atoms with van der Waals surface area (Å²) >= 11 is 5.91. The van der Waals surface area contributed by atoms with Crippen LogP contribution in [0.4, 0.5) is 24.5 Å². The van der Waals surface area contributed by atoms with Gasteiger partial charge in [0.15, 0.2) is 11.6 Å². The van der Waals surface area contributed by atoms with Gasteiger partial charge in [-0.25, -0.2) is 25.9 Å². The molecule has 0 fully saturated rings. The van der Waals surface area contributed by atoms with Crippen molar-refractivity contribution in [1.82, 2.24) is 0 Å². The van der Waals surface area contributed by atoms with Gasteiger partial charge in [0.1, 0.15) is 5.82 Å². The van der Waals surface area contributed by atoms with Crippen LogP contribution in [0.1, 0.15) is 22.3 Å². The number of hydrogen-bond donors (Lipinski definition) is 1. The van der Waals surface area contributed by atoms with Crippen molar-refractivity contribution in [3.05, 3.63) is 88.2 Å². The normalized spacial score (nSPS) is 13.6. The van der Waals surface area contributed by atoms with Gasteiger partial charge in [-0.15, -0.1) is 0 Å². The molecule has 1 N–H and O–H groups in total. The Labute approximate surface area is 191 Å². The fourth-order valence-corrected chi connectivity index (χ4v) is 5.17. The molecule has 6 nitrogen and oxygen atoms in total. The van der Waals surface area contributed by atoms with Crippen LogP contribution in [0.3, 0.4) is 0 Å². The second-order valence-electron chi connectivity index (χ2n) is 7.13. The third kappa shape index (κ3) is 4.19. The van der Waals surface area contributed by atoms with E-state index in [0.717, 1.165) is 12.1 Å². The molecule has 0 radical (unpaired) electrons. The highest BCUT2D eigenvalue weighted by atomic mass is 35.5. The van der Waals surface area contributed by atoms with E-state index in [9.17, 15) is 31.2 Å². The van der Waals surface area contributed by atoms with Gasteiger partial charge in [0, 0.05) is 12.1 Å². The first-order valence-electron chi connectivity index (χ1n) is 9.51. The van der Waals surface area contributed by atoms with Gasteiger partial charge in [-0.3, -0.25) is 9.59 Å². The van der Waals surface area contributed by atoms with Gasteiger partial charge in [-0.1, -0.05) is 23.7 Å². The largest absolute Gasteiger partial charge is 0.322 e. The van der Waals surface area contributed by atoms with Crippen LogP contribution in [0.2, 0.25) is 5.02 Å². The van der Waals surface area contributed by atoms with Crippen LogP contribution < -0.4 is 9.62 Å². The first kappa shape index (κ1) is 22.8. The average molecular weight is 495 g/mol. The maximum atomic E-state index is 14.1. The topological polar surface area (TPSA) is 83.6 Å². The zero-order chi connectivity index (χ0) is 23.9. The van der Waals surface area contributed by atoms with E-state index in [1.54, 1.807) is 0 Å². The van der Waals surface area contributed by atoms with E-state index in [1.165, 1.54) is 30.3 Å². The lowest BCUT2D eigenvalue weighted by Gasteiger charge is -2.29. The maximum absolute atomic E-state index is 14.1. The predicted octanol–water partition coefficient (Wildman–Crippen LogP) is 4.68. The van der Waals surface area contributed by atoms with Crippen molar-refractivity contribution in [3.63, 3.8) is 0 Å². The Morgan fingerprint density at radius 2 is 1.70 bits per heavy atom. The van der Waals surface area contributed by atoms with Gasteiger partial charge >= 0.3 is 0 Å². The number of carbonyl (C=O) groups excluding carboxylic acids is 2. The van der Waals surface area contributed by atoms with E-state index in [0.29, 0.717) is 22.0 Å². The number of fused-ring (bicyclic) bond motifs is 1. The van der Waals surface area contributed by atoms with Crippen LogP contribution in [0, 0.1) is 17.5 Å². The van der Waals surface area contributed by atoms with Crippen LogP contribution in [-0.2, 0) is 21.2 Å². The number of carbonyl (C=O) groups is 2. The molecule has 33 heavy (non-hydrogen) atoms. The molecule has 0 aliphatic carbocycles. The molecule has 4 rings (SSSR count). The number of anilines is 2. The summed E-state index contributed by atoms with van der Waals surface area (Å²) in [7, 11) is -4.59. The molecule has 0 saturated heterocycles. The molecule has 0 aromatic heterocycles. The lowest BCUT2D eigenvalue weighted by atomic mass is 10.0. The maximum Gasteiger partial charge on any atom is 0.271 e. The molecule has 0 atom stereocenters. The smallest absolute Gasteiger partial charge is 0.271 e. The third-order valence-corrected chi connectivity index (χ3v) is 7.06. The Hall–Kier alpha value is -3.37. The summed E-state index contributed by atoms with van der Waals surface area (Å²) in [6, 6.07) is 9.91. The summed E-state index contributed by atoms with van der Waals surface area (Å²) < 4.78 is 67.8. The fraction of sp³-hybridized carbons (Fsp3) is 0.0909. The molecule has 1 heterocycles. The summed E-state index contributed by atoms with van der Waals surface area (Å²) in [5.41, 5.74) is 0.0774. The number of rotatable bonds is 4. The number of amides is 2. The molecule has 3 aromatic carbocycles. The molecule has 3 aromatic rings. The molecule has 0 saturated carbocycles. The van der Waals surface area contributed by atoms with Crippen LogP contribution >= 0.6 is 11.6 Å². The Balaban J connectivity index is 1.74. The Morgan fingerprint density at radius 1 is 0.939 bits per heavy atom. The molecule has 2 amide bonds. The van der Waals surface area contributed by atoms with E-state index in [-0.39, 0.29) is 29.2 Å². The Kier molecular flexibility index (Phi) is 5.89. The van der Waals surface area contributed by atoms with E-state index in [1.807, 2.05) is 0 Å². The molecular formula is C22H14ClF3N2O4S. The van der Waals surface area contributed by atoms with Gasteiger partial charge in [-0.2, -0.15) is 0 Å². The molecule has 11 heteroatoms. The highest BCUT2D eigenvalue weighted by Crippen LogP contribution is 2.35. The van der Waals surface area contributed by atoms with Crippen molar-refractivity contribution in [2.45, 2.75) is 17.7 Å². The molecule has 1 aliphatic heterocycles. The van der Waals surface area contributed by atoms with Crippen molar-refractivity contribution >= 4 is 44.8 Å². The van der Waals surface area contributed by atoms with Gasteiger partial charge < -0.3 is 5.32 Å². The van der Waals surface area contributed by atoms with Crippen molar-refractivity contribution in [2.75, 3.05) is 9.62 Å². The lowest BCUT2D eigenvalue weighted by Crippen LogP contribution is -2.40. The number of sulfonamides is 1. The number of hydrogen-bond acceptors (Lipinski definition) is 4. The average Bonchev–Trinajstić information content (AvgIpc) is 2.75. The first-order valence-corrected chi connectivity index (χ1v) is 11.3. The zero-order valence-corrected chi connectivity index (χ0v) is 18.2. The first-order chi connectivity index (χ1) is 15.6. The van der Waals surface area contributed by atoms with Crippen LogP contribution in [0.5, 0.6) is 0 Å². The second-order valence-corrected chi connectivity index (χ2v) is 9.33. The molecule has 0 spiro atoms. The minimum absolute atomic E-state index is 0.0617. The third-order valence-electron chi connectivity index (χ3n) is 5.02. The molecule has 0 bridgehead atoms. The summed E-state index contributed by atoms with van der Waals surface area (Å²) in [5.74, 6) is -5.14. The summed E-state index contributed by atoms with van der Waals surface area (Å²) in [4.78, 5) is 24.5. The number of nitrogens with zero attached hydrogens (tertiary/aromatic N) is 1. The summed E-state index contributed by atoms with van der Waals surface area (Å²) in [6.45, 7) is 0. The quantitative estimate of drug-likeness (QED) is 0.571. The van der Waals surface area contributed by atoms with Gasteiger partial charge in [-0.05, 0) is 54.4 Å². The monoisotopic (exact) mass is 494 g/mol.